The summed E-state index contributed by atoms with van der Waals surface area (Å²) in [6.45, 7) is 3.99. The minimum Gasteiger partial charge on any atom is -0.345 e. The number of carbonyl (C=O) groups is 1. The molecule has 25 heavy (non-hydrogen) atoms. The fourth-order valence-corrected chi connectivity index (χ4v) is 4.20. The summed E-state index contributed by atoms with van der Waals surface area (Å²) in [5.74, 6) is 0.184. The van der Waals surface area contributed by atoms with Crippen molar-refractivity contribution in [2.24, 2.45) is 0 Å². The highest BCUT2D eigenvalue weighted by Crippen LogP contribution is 2.30. The summed E-state index contributed by atoms with van der Waals surface area (Å²) < 4.78 is 1.15. The number of benzene rings is 2. The van der Waals surface area contributed by atoms with Crippen molar-refractivity contribution in [3.63, 3.8) is 0 Å². The number of fused-ring (bicyclic) bond motifs is 1. The molecule has 1 aliphatic heterocycles. The van der Waals surface area contributed by atoms with Gasteiger partial charge in [-0.3, -0.25) is 9.69 Å². The maximum atomic E-state index is 12.3. The molecule has 0 atom stereocenters. The molecule has 0 aliphatic carbocycles. The second-order valence-electron chi connectivity index (χ2n) is 6.16. The van der Waals surface area contributed by atoms with Crippen molar-refractivity contribution in [2.45, 2.75) is 0 Å². The van der Waals surface area contributed by atoms with E-state index in [0.717, 1.165) is 47.1 Å². The van der Waals surface area contributed by atoms with Gasteiger partial charge >= 0.3 is 0 Å². The molecule has 2 aromatic carbocycles. The minimum absolute atomic E-state index is 0.184. The molecule has 0 saturated carbocycles. The van der Waals surface area contributed by atoms with Crippen LogP contribution in [0, 0.1) is 0 Å². The first-order valence-corrected chi connectivity index (χ1v) is 9.50. The van der Waals surface area contributed by atoms with Gasteiger partial charge in [-0.25, -0.2) is 4.98 Å². The molecule has 0 bridgehead atoms. The normalized spacial score (nSPS) is 15.6. The third-order valence-electron chi connectivity index (χ3n) is 4.44. The van der Waals surface area contributed by atoms with Crippen molar-refractivity contribution in [2.75, 3.05) is 37.6 Å². The Balaban J connectivity index is 1.38. The number of ketones is 1. The van der Waals surface area contributed by atoms with Crippen LogP contribution >= 0.6 is 22.9 Å². The zero-order chi connectivity index (χ0) is 17.2. The zero-order valence-electron chi connectivity index (χ0n) is 13.7. The van der Waals surface area contributed by atoms with E-state index < -0.39 is 0 Å². The van der Waals surface area contributed by atoms with E-state index in [2.05, 4.69) is 9.80 Å². The van der Waals surface area contributed by atoms with E-state index in [-0.39, 0.29) is 5.78 Å². The molecule has 0 amide bonds. The average molecular weight is 372 g/mol. The van der Waals surface area contributed by atoms with Gasteiger partial charge < -0.3 is 4.90 Å². The molecule has 1 aromatic heterocycles. The number of hydrogen-bond acceptors (Lipinski definition) is 5. The molecule has 0 spiro atoms. The van der Waals surface area contributed by atoms with Gasteiger partial charge in [0.15, 0.2) is 10.9 Å². The lowest BCUT2D eigenvalue weighted by atomic mass is 10.1. The van der Waals surface area contributed by atoms with Crippen LogP contribution in [0.5, 0.6) is 0 Å². The number of piperazine rings is 1. The Morgan fingerprint density at radius 1 is 1.08 bits per heavy atom. The molecular weight excluding hydrogens is 354 g/mol. The number of halogens is 1. The Morgan fingerprint density at radius 3 is 2.60 bits per heavy atom. The molecule has 0 unspecified atom stereocenters. The lowest BCUT2D eigenvalue weighted by molar-refractivity contribution is 0.0926. The Bertz CT molecular complexity index is 888. The summed E-state index contributed by atoms with van der Waals surface area (Å²) in [4.78, 5) is 21.6. The third kappa shape index (κ3) is 3.68. The smallest absolute Gasteiger partial charge is 0.186 e. The summed E-state index contributed by atoms with van der Waals surface area (Å²) in [6, 6.07) is 15.3. The second kappa shape index (κ2) is 7.12. The van der Waals surface area contributed by atoms with E-state index in [1.807, 2.05) is 48.5 Å². The molecule has 4 nitrogen and oxygen atoms in total. The van der Waals surface area contributed by atoms with Gasteiger partial charge in [-0.1, -0.05) is 53.3 Å². The van der Waals surface area contributed by atoms with Gasteiger partial charge in [0.05, 0.1) is 16.8 Å². The van der Waals surface area contributed by atoms with E-state index in [1.54, 1.807) is 11.3 Å². The monoisotopic (exact) mass is 371 g/mol. The van der Waals surface area contributed by atoms with Crippen LogP contribution < -0.4 is 4.90 Å². The Labute approximate surface area is 155 Å². The molecule has 1 fully saturated rings. The van der Waals surface area contributed by atoms with Crippen LogP contribution in [0.15, 0.2) is 48.5 Å². The fraction of sp³-hybridized carbons (Fsp3) is 0.263. The highest BCUT2D eigenvalue weighted by atomic mass is 35.5. The first-order chi connectivity index (χ1) is 12.2. The van der Waals surface area contributed by atoms with Crippen molar-refractivity contribution < 1.29 is 4.79 Å². The number of Topliss-reactive ketones (excluding diaryl/α,β-unsaturated/α-hetero) is 1. The lowest BCUT2D eigenvalue weighted by Crippen LogP contribution is -2.48. The topological polar surface area (TPSA) is 36.4 Å². The maximum absolute atomic E-state index is 12.3. The summed E-state index contributed by atoms with van der Waals surface area (Å²) in [7, 11) is 0. The molecule has 0 radical (unpaired) electrons. The number of nitrogens with zero attached hydrogens (tertiary/aromatic N) is 3. The molecule has 1 aliphatic rings. The fourth-order valence-electron chi connectivity index (χ4n) is 3.04. The Morgan fingerprint density at radius 2 is 1.84 bits per heavy atom. The number of thiazole rings is 1. The van der Waals surface area contributed by atoms with Crippen LogP contribution in [0.4, 0.5) is 5.13 Å². The lowest BCUT2D eigenvalue weighted by Gasteiger charge is -2.34. The van der Waals surface area contributed by atoms with Gasteiger partial charge in [0.1, 0.15) is 0 Å². The summed E-state index contributed by atoms with van der Waals surface area (Å²) in [5, 5.41) is 1.75. The molecule has 6 heteroatoms. The van der Waals surface area contributed by atoms with Crippen molar-refractivity contribution in [3.05, 3.63) is 59.1 Å². The van der Waals surface area contributed by atoms with Crippen molar-refractivity contribution in [1.29, 1.82) is 0 Å². The van der Waals surface area contributed by atoms with E-state index in [4.69, 9.17) is 16.6 Å². The van der Waals surface area contributed by atoms with Crippen molar-refractivity contribution >= 4 is 44.1 Å². The Hall–Kier alpha value is -1.95. The average Bonchev–Trinajstić information content (AvgIpc) is 3.06. The number of hydrogen-bond donors (Lipinski definition) is 0. The van der Waals surface area contributed by atoms with Gasteiger partial charge in [0, 0.05) is 36.8 Å². The largest absolute Gasteiger partial charge is 0.345 e. The predicted molar refractivity (Wildman–Crippen MR) is 104 cm³/mol. The predicted octanol–water partition coefficient (Wildman–Crippen LogP) is 3.95. The number of anilines is 1. The van der Waals surface area contributed by atoms with Gasteiger partial charge in [0.25, 0.3) is 0 Å². The quantitative estimate of drug-likeness (QED) is 0.650. The van der Waals surface area contributed by atoms with Gasteiger partial charge in [-0.05, 0) is 18.2 Å². The summed E-state index contributed by atoms with van der Waals surface area (Å²) in [5.41, 5.74) is 1.74. The van der Waals surface area contributed by atoms with Crippen LogP contribution in [0.2, 0.25) is 5.02 Å². The number of carbonyl (C=O) groups excluding carboxylic acids is 1. The molecule has 3 aromatic rings. The molecular formula is C19H18ClN3OS. The summed E-state index contributed by atoms with van der Waals surface area (Å²) in [6.07, 6.45) is 0. The first kappa shape index (κ1) is 16.5. The van der Waals surface area contributed by atoms with E-state index in [1.165, 1.54) is 0 Å². The summed E-state index contributed by atoms with van der Waals surface area (Å²) >= 11 is 7.74. The van der Waals surface area contributed by atoms with Gasteiger partial charge in [-0.15, -0.1) is 0 Å². The van der Waals surface area contributed by atoms with Crippen molar-refractivity contribution in [1.82, 2.24) is 9.88 Å². The first-order valence-electron chi connectivity index (χ1n) is 8.31. The minimum atomic E-state index is 0.184. The molecule has 0 N–H and O–H groups in total. The van der Waals surface area contributed by atoms with Crippen LogP contribution in [-0.4, -0.2) is 48.4 Å². The van der Waals surface area contributed by atoms with E-state index in [9.17, 15) is 4.79 Å². The Kier molecular flexibility index (Phi) is 4.70. The second-order valence-corrected chi connectivity index (χ2v) is 7.61. The zero-order valence-corrected chi connectivity index (χ0v) is 15.3. The molecule has 2 heterocycles. The van der Waals surface area contributed by atoms with Crippen LogP contribution in [0.25, 0.3) is 10.2 Å². The van der Waals surface area contributed by atoms with E-state index >= 15 is 0 Å². The van der Waals surface area contributed by atoms with Crippen LogP contribution in [0.3, 0.4) is 0 Å². The SMILES string of the molecule is O=C(CN1CCN(c2nc3cc(Cl)ccc3s2)CC1)c1ccccc1. The molecule has 4 rings (SSSR count). The standard InChI is InChI=1S/C19H18ClN3OS/c20-15-6-7-18-16(12-15)21-19(25-18)23-10-8-22(9-11-23)13-17(24)14-4-2-1-3-5-14/h1-7,12H,8-11,13H2. The highest BCUT2D eigenvalue weighted by Gasteiger charge is 2.21. The number of aromatic nitrogens is 1. The maximum Gasteiger partial charge on any atom is 0.186 e. The van der Waals surface area contributed by atoms with Crippen molar-refractivity contribution in [3.8, 4) is 0 Å². The molecule has 1 saturated heterocycles. The van der Waals surface area contributed by atoms with Gasteiger partial charge in [0.2, 0.25) is 0 Å². The number of rotatable bonds is 4. The third-order valence-corrected chi connectivity index (χ3v) is 5.78. The van der Waals surface area contributed by atoms with Crippen LogP contribution in [0.1, 0.15) is 10.4 Å². The van der Waals surface area contributed by atoms with Gasteiger partial charge in [-0.2, -0.15) is 0 Å². The molecule has 128 valence electrons. The highest BCUT2D eigenvalue weighted by molar-refractivity contribution is 7.22. The van der Waals surface area contributed by atoms with Crippen LogP contribution in [-0.2, 0) is 0 Å². The van der Waals surface area contributed by atoms with E-state index in [0.29, 0.717) is 11.6 Å².